The topological polar surface area (TPSA) is 357 Å². The van der Waals surface area contributed by atoms with Gasteiger partial charge < -0.3 is 97.6 Å². The third kappa shape index (κ3) is 16.6. The van der Waals surface area contributed by atoms with Gasteiger partial charge in [-0.25, -0.2) is 9.97 Å². The molecule has 2 aliphatic rings. The van der Waals surface area contributed by atoms with Crippen molar-refractivity contribution in [2.24, 2.45) is 7.05 Å². The SMILES string of the molecule is CNC(=O)c1ccc(Nc2nc(OC3CCOCC3)c3c(-c4ccc5nc(C)sc5c4)c[nH]c3n2)c(OC)c1.COCCOc1nc(Nc2ccc(C(=O)N(C)C)cc2OC)nc2[nH]cc(-c3ccn(C)c3)c12.COc1cc(C(=O)N(C)C)ccc1Nc1nc(O[C@@H]2CCOC2)c2c(-c3ccc4nc(C)oc4c3)c[nH]c2n1. The third-order valence-corrected chi connectivity index (χ3v) is 19.5. The number of rotatable bonds is 23. The molecular weight excluding hydrogens is 1450 g/mol. The summed E-state index contributed by atoms with van der Waals surface area (Å²) in [6.07, 6.45) is 11.9. The van der Waals surface area contributed by atoms with Crippen LogP contribution < -0.4 is 49.7 Å². The molecule has 2 aliphatic heterocycles. The number of amides is 3. The molecule has 2 saturated heterocycles. The number of nitrogens with one attached hydrogen (secondary N) is 7. The van der Waals surface area contributed by atoms with E-state index in [9.17, 15) is 14.4 Å². The van der Waals surface area contributed by atoms with E-state index in [1.54, 1.807) is 130 Å². The van der Waals surface area contributed by atoms with Gasteiger partial charge in [-0.05, 0) is 103 Å². The van der Waals surface area contributed by atoms with Crippen LogP contribution in [0.2, 0.25) is 0 Å². The van der Waals surface area contributed by atoms with E-state index in [1.807, 2.05) is 86.8 Å². The molecule has 5 aromatic carbocycles. The number of thiazole rings is 1. The molecule has 32 heteroatoms. The van der Waals surface area contributed by atoms with Crippen LogP contribution in [0.3, 0.4) is 0 Å². The Bertz CT molecular complexity index is 5770. The maximum absolute atomic E-state index is 12.4. The highest BCUT2D eigenvalue weighted by Gasteiger charge is 2.27. The van der Waals surface area contributed by atoms with Gasteiger partial charge in [-0.3, -0.25) is 14.4 Å². The molecule has 14 aromatic rings. The van der Waals surface area contributed by atoms with Crippen LogP contribution in [-0.4, -0.2) is 202 Å². The number of nitrogens with zero attached hydrogens (tertiary/aromatic N) is 11. The van der Waals surface area contributed by atoms with Crippen molar-refractivity contribution in [3.05, 3.63) is 156 Å². The average Bonchev–Trinajstić information content (AvgIpc) is 1.61. The van der Waals surface area contributed by atoms with Crippen molar-refractivity contribution in [1.29, 1.82) is 0 Å². The molecular formula is C80H84N18O13S. The fourth-order valence-corrected chi connectivity index (χ4v) is 13.8. The van der Waals surface area contributed by atoms with E-state index in [-0.39, 0.29) is 29.9 Å². The van der Waals surface area contributed by atoms with Crippen molar-refractivity contribution in [3.63, 3.8) is 0 Å². The number of hydrogen-bond donors (Lipinski definition) is 7. The zero-order valence-electron chi connectivity index (χ0n) is 63.8. The maximum Gasteiger partial charge on any atom is 0.253 e. The monoisotopic (exact) mass is 1540 g/mol. The van der Waals surface area contributed by atoms with Gasteiger partial charge in [-0.1, -0.05) is 12.1 Å². The maximum atomic E-state index is 12.4. The molecule has 0 unspecified atom stereocenters. The van der Waals surface area contributed by atoms with Gasteiger partial charge in [0.1, 0.15) is 58.5 Å². The van der Waals surface area contributed by atoms with Gasteiger partial charge in [0.2, 0.25) is 35.5 Å². The Morgan fingerprint density at radius 2 is 1.04 bits per heavy atom. The zero-order valence-corrected chi connectivity index (χ0v) is 64.6. The fraction of sp³-hybridized carbons (Fsp3) is 0.287. The van der Waals surface area contributed by atoms with E-state index in [0.29, 0.717) is 155 Å². The van der Waals surface area contributed by atoms with E-state index in [1.165, 1.54) is 9.80 Å². The van der Waals surface area contributed by atoms with Crippen LogP contribution in [0.4, 0.5) is 34.9 Å². The highest BCUT2D eigenvalue weighted by Crippen LogP contribution is 2.42. The second kappa shape index (κ2) is 33.5. The molecule has 578 valence electrons. The number of hydrogen-bond acceptors (Lipinski definition) is 25. The van der Waals surface area contributed by atoms with Gasteiger partial charge in [0, 0.05) is 146 Å². The van der Waals surface area contributed by atoms with Gasteiger partial charge in [-0.2, -0.15) is 29.9 Å². The normalized spacial score (nSPS) is 13.5. The molecule has 16 rings (SSSR count). The molecule has 9 aromatic heterocycles. The molecule has 0 bridgehead atoms. The molecule has 0 saturated carbocycles. The molecule has 0 radical (unpaired) electrons. The van der Waals surface area contributed by atoms with Gasteiger partial charge in [0.15, 0.2) is 11.5 Å². The van der Waals surface area contributed by atoms with Crippen molar-refractivity contribution in [1.82, 2.24) is 74.5 Å². The summed E-state index contributed by atoms with van der Waals surface area (Å²) in [5, 5.41) is 15.7. The number of H-pyrrole nitrogens is 3. The van der Waals surface area contributed by atoms with Crippen LogP contribution >= 0.6 is 11.3 Å². The van der Waals surface area contributed by atoms with Gasteiger partial charge in [-0.15, -0.1) is 11.3 Å². The van der Waals surface area contributed by atoms with Crippen molar-refractivity contribution in [2.45, 2.75) is 45.3 Å². The highest BCUT2D eigenvalue weighted by atomic mass is 32.1. The quantitative estimate of drug-likeness (QED) is 0.0292. The number of aryl methyl sites for hydroxylation is 3. The largest absolute Gasteiger partial charge is 0.495 e. The number of aromatic nitrogens is 12. The molecule has 1 atom stereocenters. The Hall–Kier alpha value is -12.9. The number of benzene rings is 5. The van der Waals surface area contributed by atoms with Crippen LogP contribution in [-0.2, 0) is 21.3 Å². The Labute approximate surface area is 646 Å². The Morgan fingerprint density at radius 1 is 0.545 bits per heavy atom. The van der Waals surface area contributed by atoms with Gasteiger partial charge in [0.25, 0.3) is 17.7 Å². The van der Waals surface area contributed by atoms with Crippen molar-refractivity contribution < 1.29 is 61.4 Å². The fourth-order valence-electron chi connectivity index (χ4n) is 13.0. The van der Waals surface area contributed by atoms with E-state index in [0.717, 1.165) is 89.5 Å². The van der Waals surface area contributed by atoms with Crippen LogP contribution in [0.5, 0.6) is 34.9 Å². The summed E-state index contributed by atoms with van der Waals surface area (Å²) >= 11 is 1.67. The molecule has 0 aliphatic carbocycles. The van der Waals surface area contributed by atoms with Crippen LogP contribution in [0.1, 0.15) is 61.2 Å². The third-order valence-electron chi connectivity index (χ3n) is 18.5. The summed E-state index contributed by atoms with van der Waals surface area (Å²) in [4.78, 5) is 87.0. The number of fused-ring (bicyclic) bond motifs is 5. The summed E-state index contributed by atoms with van der Waals surface area (Å²) in [6.45, 7) is 7.04. The lowest BCUT2D eigenvalue weighted by molar-refractivity contribution is 0.0244. The van der Waals surface area contributed by atoms with E-state index >= 15 is 0 Å². The number of anilines is 6. The Kier molecular flexibility index (Phi) is 22.7. The molecule has 11 heterocycles. The van der Waals surface area contributed by atoms with Gasteiger partial charge >= 0.3 is 0 Å². The summed E-state index contributed by atoms with van der Waals surface area (Å²) in [7, 11) is 16.6. The summed E-state index contributed by atoms with van der Waals surface area (Å²) in [6, 6.07) is 29.6. The first kappa shape index (κ1) is 75.9. The van der Waals surface area contributed by atoms with Crippen molar-refractivity contribution in [3.8, 4) is 68.3 Å². The average molecular weight is 1540 g/mol. The molecule has 31 nitrogen and oxygen atoms in total. The number of carbonyl (C=O) groups is 3. The van der Waals surface area contributed by atoms with E-state index < -0.39 is 0 Å². The minimum atomic E-state index is -0.199. The first-order chi connectivity index (χ1) is 54.3. The molecule has 7 N–H and O–H groups in total. The standard InChI is InChI=1S/C28H28N6O5.C28H28N6O4S.C24H28N6O4/c1-15-30-21-7-5-16(11-23(21)38-15)19-13-29-25-24(19)26(39-18-9-10-37-14-18)33-28(32-25)31-20-8-6-17(12-22(20)36-4)27(35)34(2)3;1-15-31-21-7-4-16(13-23(21)39-15)19-14-30-25-24(19)27(38-18-8-10-37-11-9-18)34-28(33-25)32-20-6-5-17(26(35)29-2)12-22(20)36-3;1-29(2)23(31)15-6-7-18(19(12-15)33-5)26-24-27-21-20(22(28-24)34-11-10-32-4)17(13-25-21)16-8-9-30(3)14-16/h5-8,11-13,18H,9-10,14H2,1-4H3,(H2,29,31,32,33);4-7,12-14,18H,8-11H2,1-3H3,(H,29,35)(H2,30,32,33,34);6-9,12-14H,10-11H2,1-5H3,(H2,25,26,27,28)/t18-;;/m1../s1. The highest BCUT2D eigenvalue weighted by molar-refractivity contribution is 7.18. The lowest BCUT2D eigenvalue weighted by Crippen LogP contribution is -2.26. The van der Waals surface area contributed by atoms with Crippen molar-refractivity contribution in [2.75, 3.05) is 119 Å². The number of ether oxygens (including phenoxy) is 9. The summed E-state index contributed by atoms with van der Waals surface area (Å²) in [5.74, 6) is 4.00. The second-order valence-electron chi connectivity index (χ2n) is 26.7. The number of methoxy groups -OCH3 is 4. The van der Waals surface area contributed by atoms with E-state index in [2.05, 4.69) is 68.3 Å². The van der Waals surface area contributed by atoms with Crippen LogP contribution in [0.15, 0.2) is 132 Å². The Balaban J connectivity index is 0.000000140. The number of aromatic amines is 3. The second-order valence-corrected chi connectivity index (χ2v) is 27.9. The minimum Gasteiger partial charge on any atom is -0.495 e. The molecule has 0 spiro atoms. The lowest BCUT2D eigenvalue weighted by Gasteiger charge is -2.23. The summed E-state index contributed by atoms with van der Waals surface area (Å²) < 4.78 is 60.5. The van der Waals surface area contributed by atoms with E-state index in [4.69, 9.17) is 67.0 Å². The zero-order chi connectivity index (χ0) is 78.3. The van der Waals surface area contributed by atoms with Gasteiger partial charge in [0.05, 0.1) is 103 Å². The first-order valence-electron chi connectivity index (χ1n) is 36.0. The molecule has 112 heavy (non-hydrogen) atoms. The predicted molar refractivity (Wildman–Crippen MR) is 427 cm³/mol. The number of carbonyl (C=O) groups excluding carboxylic acids is 3. The first-order valence-corrected chi connectivity index (χ1v) is 36.8. The predicted octanol–water partition coefficient (Wildman–Crippen LogP) is 13.4. The van der Waals surface area contributed by atoms with Crippen LogP contribution in [0.25, 0.3) is 87.8 Å². The molecule has 2 fully saturated rings. The Morgan fingerprint density at radius 3 is 1.54 bits per heavy atom. The minimum absolute atomic E-state index is 0.0135. The lowest BCUT2D eigenvalue weighted by atomic mass is 10.1. The number of oxazole rings is 1. The van der Waals surface area contributed by atoms with Crippen LogP contribution in [0, 0.1) is 13.8 Å². The molecule has 3 amide bonds. The smallest absolute Gasteiger partial charge is 0.253 e. The summed E-state index contributed by atoms with van der Waals surface area (Å²) in [5.41, 5.74) is 13.5. The van der Waals surface area contributed by atoms with Crippen molar-refractivity contribution >= 4 is 118 Å².